The average molecular weight is 380 g/mol. The van der Waals surface area contributed by atoms with E-state index in [9.17, 15) is 14.4 Å². The number of nitrogens with one attached hydrogen (secondary N) is 1. The lowest BCUT2D eigenvalue weighted by Gasteiger charge is -2.29. The van der Waals surface area contributed by atoms with Gasteiger partial charge in [0.1, 0.15) is 17.6 Å². The SMILES string of the molecule is CC(C)COc1ccc(NC(=O)C2(c3ccccc3F)CCCC2)c(C#N)c1. The van der Waals surface area contributed by atoms with E-state index in [1.165, 1.54) is 6.07 Å². The van der Waals surface area contributed by atoms with E-state index in [0.717, 1.165) is 12.8 Å². The van der Waals surface area contributed by atoms with E-state index in [1.807, 2.05) is 13.8 Å². The Kier molecular flexibility index (Phi) is 5.99. The van der Waals surface area contributed by atoms with Crippen molar-refractivity contribution in [3.8, 4) is 11.8 Å². The lowest BCUT2D eigenvalue weighted by Crippen LogP contribution is -2.38. The van der Waals surface area contributed by atoms with Gasteiger partial charge in [-0.15, -0.1) is 0 Å². The molecule has 146 valence electrons. The molecule has 1 aliphatic carbocycles. The van der Waals surface area contributed by atoms with Crippen molar-refractivity contribution >= 4 is 11.6 Å². The van der Waals surface area contributed by atoms with Crippen molar-refractivity contribution in [1.29, 1.82) is 5.26 Å². The van der Waals surface area contributed by atoms with E-state index in [1.54, 1.807) is 36.4 Å². The summed E-state index contributed by atoms with van der Waals surface area (Å²) >= 11 is 0. The highest BCUT2D eigenvalue weighted by atomic mass is 19.1. The predicted molar refractivity (Wildman–Crippen MR) is 107 cm³/mol. The average Bonchev–Trinajstić information content (AvgIpc) is 3.18. The minimum atomic E-state index is -0.898. The smallest absolute Gasteiger partial charge is 0.235 e. The molecule has 0 radical (unpaired) electrons. The topological polar surface area (TPSA) is 62.1 Å². The van der Waals surface area contributed by atoms with Crippen LogP contribution in [0.1, 0.15) is 50.7 Å². The van der Waals surface area contributed by atoms with Crippen molar-refractivity contribution in [1.82, 2.24) is 0 Å². The summed E-state index contributed by atoms with van der Waals surface area (Å²) < 4.78 is 20.1. The highest BCUT2D eigenvalue weighted by Gasteiger charge is 2.44. The van der Waals surface area contributed by atoms with Crippen LogP contribution >= 0.6 is 0 Å². The maximum absolute atomic E-state index is 14.5. The minimum absolute atomic E-state index is 0.262. The first kappa shape index (κ1) is 19.9. The van der Waals surface area contributed by atoms with E-state index in [2.05, 4.69) is 11.4 Å². The molecule has 0 saturated heterocycles. The molecule has 1 N–H and O–H groups in total. The van der Waals surface area contributed by atoms with Crippen LogP contribution in [0.5, 0.6) is 5.75 Å². The van der Waals surface area contributed by atoms with Gasteiger partial charge >= 0.3 is 0 Å². The monoisotopic (exact) mass is 380 g/mol. The summed E-state index contributed by atoms with van der Waals surface area (Å²) in [4.78, 5) is 13.2. The van der Waals surface area contributed by atoms with Crippen LogP contribution in [0.4, 0.5) is 10.1 Å². The van der Waals surface area contributed by atoms with Crippen molar-refractivity contribution in [3.63, 3.8) is 0 Å². The van der Waals surface area contributed by atoms with E-state index < -0.39 is 5.41 Å². The molecule has 5 heteroatoms. The predicted octanol–water partition coefficient (Wildman–Crippen LogP) is 5.18. The molecule has 0 bridgehead atoms. The van der Waals surface area contributed by atoms with Gasteiger partial charge in [-0.3, -0.25) is 4.79 Å². The fourth-order valence-electron chi connectivity index (χ4n) is 3.77. The second kappa shape index (κ2) is 8.43. The van der Waals surface area contributed by atoms with Gasteiger partial charge in [-0.2, -0.15) is 5.26 Å². The molecular weight excluding hydrogens is 355 g/mol. The number of rotatable bonds is 6. The highest BCUT2D eigenvalue weighted by Crippen LogP contribution is 2.43. The first-order valence-electron chi connectivity index (χ1n) is 9.69. The molecule has 28 heavy (non-hydrogen) atoms. The largest absolute Gasteiger partial charge is 0.493 e. The first-order valence-corrected chi connectivity index (χ1v) is 9.69. The fourth-order valence-corrected chi connectivity index (χ4v) is 3.77. The van der Waals surface area contributed by atoms with Gasteiger partial charge in [0, 0.05) is 5.56 Å². The fraction of sp³-hybridized carbons (Fsp3) is 0.391. The number of ether oxygens (including phenoxy) is 1. The molecule has 0 aliphatic heterocycles. The molecule has 0 aromatic heterocycles. The second-order valence-electron chi connectivity index (χ2n) is 7.75. The van der Waals surface area contributed by atoms with Crippen molar-refractivity contribution in [3.05, 3.63) is 59.4 Å². The Hall–Kier alpha value is -2.87. The first-order chi connectivity index (χ1) is 13.5. The lowest BCUT2D eigenvalue weighted by molar-refractivity contribution is -0.121. The summed E-state index contributed by atoms with van der Waals surface area (Å²) in [6.07, 6.45) is 2.93. The Labute approximate surface area is 165 Å². The van der Waals surface area contributed by atoms with Crippen LogP contribution in [0.3, 0.4) is 0 Å². The molecule has 0 heterocycles. The van der Waals surface area contributed by atoms with E-state index in [-0.39, 0.29) is 11.7 Å². The Morgan fingerprint density at radius 2 is 1.96 bits per heavy atom. The standard InChI is InChI=1S/C23H25FN2O2/c1-16(2)15-28-18-9-10-21(17(13-18)14-25)26-22(27)23(11-5-6-12-23)19-7-3-4-8-20(19)24/h3-4,7-10,13,16H,5-6,11-12,15H2,1-2H3,(H,26,27). The summed E-state index contributed by atoms with van der Waals surface area (Å²) in [5.41, 5.74) is 0.286. The van der Waals surface area contributed by atoms with Crippen molar-refractivity contribution in [2.45, 2.75) is 44.9 Å². The van der Waals surface area contributed by atoms with Gasteiger partial charge < -0.3 is 10.1 Å². The number of hydrogen-bond acceptors (Lipinski definition) is 3. The van der Waals surface area contributed by atoms with Crippen LogP contribution in [-0.2, 0) is 10.2 Å². The third-order valence-corrected chi connectivity index (χ3v) is 5.22. The van der Waals surface area contributed by atoms with Crippen molar-refractivity contribution < 1.29 is 13.9 Å². The summed E-state index contributed by atoms with van der Waals surface area (Å²) in [7, 11) is 0. The number of amides is 1. The van der Waals surface area contributed by atoms with Crippen molar-refractivity contribution in [2.24, 2.45) is 5.92 Å². The maximum atomic E-state index is 14.5. The molecule has 1 saturated carbocycles. The number of carbonyl (C=O) groups is 1. The van der Waals surface area contributed by atoms with Gasteiger partial charge in [0.2, 0.25) is 5.91 Å². The van der Waals surface area contributed by atoms with Gasteiger partial charge in [-0.05, 0) is 43.0 Å². The third-order valence-electron chi connectivity index (χ3n) is 5.22. The molecule has 3 rings (SSSR count). The van der Waals surface area contributed by atoms with Crippen LogP contribution in [0, 0.1) is 23.1 Å². The molecule has 0 spiro atoms. The van der Waals surface area contributed by atoms with Gasteiger partial charge in [0.15, 0.2) is 0 Å². The Morgan fingerprint density at radius 3 is 2.61 bits per heavy atom. The molecule has 1 amide bonds. The van der Waals surface area contributed by atoms with Gasteiger partial charge in [-0.25, -0.2) is 4.39 Å². The Bertz CT molecular complexity index is 896. The van der Waals surface area contributed by atoms with Crippen molar-refractivity contribution in [2.75, 3.05) is 11.9 Å². The minimum Gasteiger partial charge on any atom is -0.493 e. The number of benzene rings is 2. The highest BCUT2D eigenvalue weighted by molar-refractivity contribution is 6.00. The normalized spacial score (nSPS) is 15.2. The molecule has 0 unspecified atom stereocenters. The van der Waals surface area contributed by atoms with Gasteiger partial charge in [0.05, 0.1) is 23.3 Å². The van der Waals surface area contributed by atoms with Gasteiger partial charge in [0.25, 0.3) is 0 Å². The third kappa shape index (κ3) is 4.01. The zero-order valence-corrected chi connectivity index (χ0v) is 16.3. The van der Waals surface area contributed by atoms with Crippen LogP contribution in [0.15, 0.2) is 42.5 Å². The number of nitrogens with zero attached hydrogens (tertiary/aromatic N) is 1. The van der Waals surface area contributed by atoms with Crippen LogP contribution in [-0.4, -0.2) is 12.5 Å². The van der Waals surface area contributed by atoms with Crippen LogP contribution in [0.25, 0.3) is 0 Å². The molecule has 1 aliphatic rings. The summed E-state index contributed by atoms with van der Waals surface area (Å²) in [5, 5.41) is 12.4. The molecule has 2 aromatic carbocycles. The number of carbonyl (C=O) groups excluding carboxylic acids is 1. The van der Waals surface area contributed by atoms with E-state index >= 15 is 0 Å². The zero-order valence-electron chi connectivity index (χ0n) is 16.3. The molecule has 1 fully saturated rings. The quantitative estimate of drug-likeness (QED) is 0.751. The molecule has 4 nitrogen and oxygen atoms in total. The number of nitriles is 1. The van der Waals surface area contributed by atoms with E-state index in [0.29, 0.717) is 47.9 Å². The van der Waals surface area contributed by atoms with Crippen LogP contribution in [0.2, 0.25) is 0 Å². The lowest BCUT2D eigenvalue weighted by atomic mass is 9.77. The van der Waals surface area contributed by atoms with E-state index in [4.69, 9.17) is 4.74 Å². The summed E-state index contributed by atoms with van der Waals surface area (Å²) in [6.45, 7) is 4.64. The van der Waals surface area contributed by atoms with Gasteiger partial charge in [-0.1, -0.05) is 44.9 Å². The Balaban J connectivity index is 1.87. The van der Waals surface area contributed by atoms with Crippen LogP contribution < -0.4 is 10.1 Å². The summed E-state index contributed by atoms with van der Waals surface area (Å²) in [5.74, 6) is 0.334. The zero-order chi connectivity index (χ0) is 20.1. The maximum Gasteiger partial charge on any atom is 0.235 e. The number of halogens is 1. The molecule has 0 atom stereocenters. The molecular formula is C23H25FN2O2. The Morgan fingerprint density at radius 1 is 1.25 bits per heavy atom. The molecule has 2 aromatic rings. The summed E-state index contributed by atoms with van der Waals surface area (Å²) in [6, 6.07) is 13.6. The number of hydrogen-bond donors (Lipinski definition) is 1. The second-order valence-corrected chi connectivity index (χ2v) is 7.75. The number of anilines is 1.